The van der Waals surface area contributed by atoms with Crippen molar-refractivity contribution in [2.45, 2.75) is 58.8 Å². The van der Waals surface area contributed by atoms with Gasteiger partial charge in [0.25, 0.3) is 5.56 Å². The molecule has 0 aliphatic carbocycles. The molecule has 1 fully saturated rings. The topological polar surface area (TPSA) is 79.2 Å². The van der Waals surface area contributed by atoms with E-state index < -0.39 is 11.9 Å². The molecule has 194 valence electrons. The van der Waals surface area contributed by atoms with Crippen LogP contribution in [0.1, 0.15) is 45.1 Å². The van der Waals surface area contributed by atoms with Gasteiger partial charge in [-0.3, -0.25) is 14.4 Å². The Morgan fingerprint density at radius 1 is 1.22 bits per heavy atom. The molecule has 4 rings (SSSR count). The third-order valence-electron chi connectivity index (χ3n) is 6.57. The fraction of sp³-hybridized carbons (Fsp3) is 0.407. The SMILES string of the molecule is C/C=C\C(=C/C)Cn1c(N2CCCCC2)c(C#N)c2ncn(CC3=CN=C(C(F)(F)F)C=CC3)c(=O)c21. The van der Waals surface area contributed by atoms with E-state index in [4.69, 9.17) is 0 Å². The summed E-state index contributed by atoms with van der Waals surface area (Å²) in [5.74, 6) is 0.694. The maximum absolute atomic E-state index is 13.8. The van der Waals surface area contributed by atoms with Gasteiger partial charge in [-0.15, -0.1) is 0 Å². The summed E-state index contributed by atoms with van der Waals surface area (Å²) < 4.78 is 42.4. The highest BCUT2D eigenvalue weighted by atomic mass is 19.4. The van der Waals surface area contributed by atoms with Crippen LogP contribution in [0.2, 0.25) is 0 Å². The van der Waals surface area contributed by atoms with E-state index in [1.54, 1.807) is 0 Å². The normalized spacial score (nSPS) is 17.2. The highest BCUT2D eigenvalue weighted by Gasteiger charge is 2.34. The molecule has 2 aliphatic rings. The second-order valence-electron chi connectivity index (χ2n) is 9.09. The first-order chi connectivity index (χ1) is 17.8. The number of rotatable bonds is 6. The minimum Gasteiger partial charge on any atom is -0.357 e. The average molecular weight is 511 g/mol. The van der Waals surface area contributed by atoms with Gasteiger partial charge < -0.3 is 9.47 Å². The van der Waals surface area contributed by atoms with Gasteiger partial charge in [-0.2, -0.15) is 18.4 Å². The Balaban J connectivity index is 1.85. The molecule has 7 nitrogen and oxygen atoms in total. The predicted molar refractivity (Wildman–Crippen MR) is 139 cm³/mol. The molecule has 0 atom stereocenters. The van der Waals surface area contributed by atoms with E-state index >= 15 is 0 Å². The first kappa shape index (κ1) is 26.2. The van der Waals surface area contributed by atoms with Crippen molar-refractivity contribution < 1.29 is 13.2 Å². The zero-order valence-corrected chi connectivity index (χ0v) is 20.9. The van der Waals surface area contributed by atoms with E-state index in [1.807, 2.05) is 36.6 Å². The fourth-order valence-corrected chi connectivity index (χ4v) is 4.76. The van der Waals surface area contributed by atoms with Crippen LogP contribution in [0, 0.1) is 11.3 Å². The van der Waals surface area contributed by atoms with Gasteiger partial charge >= 0.3 is 6.18 Å². The van der Waals surface area contributed by atoms with Crippen molar-refractivity contribution in [2.24, 2.45) is 4.99 Å². The summed E-state index contributed by atoms with van der Waals surface area (Å²) in [4.78, 5) is 24.0. The first-order valence-corrected chi connectivity index (χ1v) is 12.3. The summed E-state index contributed by atoms with van der Waals surface area (Å²) in [6, 6.07) is 2.28. The summed E-state index contributed by atoms with van der Waals surface area (Å²) >= 11 is 0. The van der Waals surface area contributed by atoms with E-state index in [9.17, 15) is 23.2 Å². The minimum absolute atomic E-state index is 0.0399. The lowest BCUT2D eigenvalue weighted by molar-refractivity contribution is -0.0576. The van der Waals surface area contributed by atoms with Crippen LogP contribution in [0.25, 0.3) is 11.0 Å². The Labute approximate surface area is 213 Å². The summed E-state index contributed by atoms with van der Waals surface area (Å²) in [6.45, 7) is 5.83. The number of nitriles is 1. The van der Waals surface area contributed by atoms with E-state index in [1.165, 1.54) is 23.2 Å². The number of nitrogens with zero attached hydrogens (tertiary/aromatic N) is 6. The van der Waals surface area contributed by atoms with Crippen molar-refractivity contribution in [1.82, 2.24) is 14.1 Å². The number of allylic oxidation sites excluding steroid dienone is 7. The molecule has 0 saturated carbocycles. The van der Waals surface area contributed by atoms with Crippen LogP contribution >= 0.6 is 0 Å². The molecular formula is C27H29F3N6O. The van der Waals surface area contributed by atoms with Crippen molar-refractivity contribution in [3.63, 3.8) is 0 Å². The molecule has 4 heterocycles. The number of hydrogen-bond acceptors (Lipinski definition) is 5. The highest BCUT2D eigenvalue weighted by molar-refractivity contribution is 6.00. The smallest absolute Gasteiger partial charge is 0.357 e. The van der Waals surface area contributed by atoms with Crippen LogP contribution in [0.4, 0.5) is 19.0 Å². The lowest BCUT2D eigenvalue weighted by atomic mass is 10.1. The highest BCUT2D eigenvalue weighted by Crippen LogP contribution is 2.32. The number of aliphatic imine (C=N–C) groups is 1. The van der Waals surface area contributed by atoms with E-state index in [-0.39, 0.29) is 18.5 Å². The third kappa shape index (κ3) is 5.45. The molecule has 0 bridgehead atoms. The van der Waals surface area contributed by atoms with Crippen molar-refractivity contribution in [2.75, 3.05) is 18.0 Å². The Morgan fingerprint density at radius 2 is 1.97 bits per heavy atom. The van der Waals surface area contributed by atoms with Crippen LogP contribution in [0.15, 0.2) is 63.8 Å². The lowest BCUT2D eigenvalue weighted by Crippen LogP contribution is -2.32. The zero-order chi connectivity index (χ0) is 26.6. The quantitative estimate of drug-likeness (QED) is 0.486. The molecule has 0 spiro atoms. The molecule has 0 aromatic carbocycles. The molecule has 1 saturated heterocycles. The molecule has 10 heteroatoms. The van der Waals surface area contributed by atoms with Crippen LogP contribution < -0.4 is 10.5 Å². The Bertz CT molecular complexity index is 1420. The zero-order valence-electron chi connectivity index (χ0n) is 20.9. The standard InChI is InChI=1S/C27H29F3N6O/c1-3-9-19(4-2)17-36-24-23(21(14-31)25(36)34-12-6-5-7-13-34)33-18-35(26(24)37)16-20-10-8-11-22(32-15-20)27(28,29)30/h3-4,8-9,11,15,18H,5-7,10,12-13,16-17H2,1-2H3/b9-3-,19-4+. The van der Waals surface area contributed by atoms with E-state index in [0.717, 1.165) is 44.0 Å². The number of piperidine rings is 1. The Morgan fingerprint density at radius 3 is 2.62 bits per heavy atom. The van der Waals surface area contributed by atoms with Crippen LogP contribution in [-0.2, 0) is 13.1 Å². The molecule has 0 amide bonds. The van der Waals surface area contributed by atoms with Crippen LogP contribution in [0.3, 0.4) is 0 Å². The number of anilines is 1. The summed E-state index contributed by atoms with van der Waals surface area (Å²) in [6.07, 6.45) is 9.51. The lowest BCUT2D eigenvalue weighted by Gasteiger charge is -2.30. The number of hydrogen-bond donors (Lipinski definition) is 0. The van der Waals surface area contributed by atoms with Crippen molar-refractivity contribution in [1.29, 1.82) is 5.26 Å². The molecule has 0 radical (unpaired) electrons. The number of fused-ring (bicyclic) bond motifs is 1. The molecular weight excluding hydrogens is 481 g/mol. The second-order valence-corrected chi connectivity index (χ2v) is 9.09. The summed E-state index contributed by atoms with van der Waals surface area (Å²) in [5, 5.41) is 10.1. The fourth-order valence-electron chi connectivity index (χ4n) is 4.76. The molecule has 37 heavy (non-hydrogen) atoms. The van der Waals surface area contributed by atoms with E-state index in [0.29, 0.717) is 34.5 Å². The first-order valence-electron chi connectivity index (χ1n) is 12.3. The maximum Gasteiger partial charge on any atom is 0.433 e. The average Bonchev–Trinajstić information content (AvgIpc) is 3.00. The molecule has 0 unspecified atom stereocenters. The molecule has 2 aromatic heterocycles. The van der Waals surface area contributed by atoms with Gasteiger partial charge in [0.05, 0.1) is 12.9 Å². The predicted octanol–water partition coefficient (Wildman–Crippen LogP) is 5.43. The molecule has 2 aliphatic heterocycles. The van der Waals surface area contributed by atoms with E-state index in [2.05, 4.69) is 20.9 Å². The minimum atomic E-state index is -4.55. The van der Waals surface area contributed by atoms with Crippen molar-refractivity contribution >= 4 is 22.6 Å². The maximum atomic E-state index is 13.8. The summed E-state index contributed by atoms with van der Waals surface area (Å²) in [5.41, 5.74) is 1.20. The van der Waals surface area contributed by atoms with Gasteiger partial charge in [0.15, 0.2) is 0 Å². The largest absolute Gasteiger partial charge is 0.433 e. The van der Waals surface area contributed by atoms with Gasteiger partial charge in [0.1, 0.15) is 34.2 Å². The van der Waals surface area contributed by atoms with Gasteiger partial charge in [-0.1, -0.05) is 24.3 Å². The molecule has 0 N–H and O–H groups in total. The van der Waals surface area contributed by atoms with Gasteiger partial charge in [-0.25, -0.2) is 4.98 Å². The van der Waals surface area contributed by atoms with Crippen LogP contribution in [0.5, 0.6) is 0 Å². The Kier molecular flexibility index (Phi) is 7.81. The monoisotopic (exact) mass is 510 g/mol. The summed E-state index contributed by atoms with van der Waals surface area (Å²) in [7, 11) is 0. The molecule has 2 aromatic rings. The number of alkyl halides is 3. The van der Waals surface area contributed by atoms with Crippen LogP contribution in [-0.4, -0.2) is 39.1 Å². The number of halogens is 3. The number of aromatic nitrogens is 3. The van der Waals surface area contributed by atoms with Gasteiger partial charge in [-0.05, 0) is 56.8 Å². The second kappa shape index (κ2) is 11.0. The van der Waals surface area contributed by atoms with Crippen molar-refractivity contribution in [3.8, 4) is 6.07 Å². The third-order valence-corrected chi connectivity index (χ3v) is 6.57. The Hall–Kier alpha value is -3.87. The van der Waals surface area contributed by atoms with Gasteiger partial charge in [0, 0.05) is 25.8 Å². The van der Waals surface area contributed by atoms with Gasteiger partial charge in [0.2, 0.25) is 0 Å². The van der Waals surface area contributed by atoms with Crippen molar-refractivity contribution in [3.05, 3.63) is 70.0 Å².